The molecule has 4 heteroatoms. The molecular formula is C11H13ClFNO. The molecule has 0 bridgehead atoms. The summed E-state index contributed by atoms with van der Waals surface area (Å²) in [7, 11) is 0. The summed E-state index contributed by atoms with van der Waals surface area (Å²) in [6, 6.07) is 2.64. The Hall–Kier alpha value is -0.800. The van der Waals surface area contributed by atoms with Crippen molar-refractivity contribution >= 4 is 11.6 Å². The van der Waals surface area contributed by atoms with Gasteiger partial charge in [0.25, 0.3) is 0 Å². The van der Waals surface area contributed by atoms with Crippen molar-refractivity contribution in [3.63, 3.8) is 0 Å². The summed E-state index contributed by atoms with van der Waals surface area (Å²) < 4.78 is 13.2. The minimum absolute atomic E-state index is 0.316. The number of nitrogens with two attached hydrogens (primary N) is 1. The summed E-state index contributed by atoms with van der Waals surface area (Å²) in [4.78, 5) is 0. The van der Waals surface area contributed by atoms with Gasteiger partial charge in [-0.3, -0.25) is 0 Å². The SMILES string of the molecule is NCC1(c2c(Cl)ccc(F)c2O)CCC1. The molecule has 1 aromatic carbocycles. The standard InChI is InChI=1S/C11H13ClFNO/c12-7-2-3-8(13)10(15)9(7)11(6-14)4-1-5-11/h2-3,15H,1,4-6,14H2. The molecule has 0 saturated heterocycles. The van der Waals surface area contributed by atoms with Crippen molar-refractivity contribution in [2.75, 3.05) is 6.54 Å². The smallest absolute Gasteiger partial charge is 0.165 e. The molecule has 0 aromatic heterocycles. The maximum Gasteiger partial charge on any atom is 0.165 e. The van der Waals surface area contributed by atoms with Gasteiger partial charge in [0.2, 0.25) is 0 Å². The number of hydrogen-bond acceptors (Lipinski definition) is 2. The quantitative estimate of drug-likeness (QED) is 0.819. The maximum atomic E-state index is 13.2. The minimum atomic E-state index is -0.630. The second-order valence-corrected chi connectivity index (χ2v) is 4.50. The van der Waals surface area contributed by atoms with E-state index in [1.807, 2.05) is 0 Å². The van der Waals surface area contributed by atoms with Crippen LogP contribution in [0.5, 0.6) is 5.75 Å². The third-order valence-corrected chi connectivity index (χ3v) is 3.62. The molecule has 1 aliphatic carbocycles. The fraction of sp³-hybridized carbons (Fsp3) is 0.455. The van der Waals surface area contributed by atoms with E-state index in [-0.39, 0.29) is 11.2 Å². The fourth-order valence-corrected chi connectivity index (χ4v) is 2.56. The summed E-state index contributed by atoms with van der Waals surface area (Å²) >= 11 is 6.00. The van der Waals surface area contributed by atoms with Crippen LogP contribution in [-0.2, 0) is 5.41 Å². The first-order valence-corrected chi connectivity index (χ1v) is 5.36. The summed E-state index contributed by atoms with van der Waals surface area (Å²) in [5.41, 5.74) is 5.86. The van der Waals surface area contributed by atoms with Gasteiger partial charge in [-0.2, -0.15) is 0 Å². The van der Waals surface area contributed by atoms with E-state index in [9.17, 15) is 9.50 Å². The van der Waals surface area contributed by atoms with Crippen LogP contribution in [0.2, 0.25) is 5.02 Å². The van der Waals surface area contributed by atoms with Gasteiger partial charge < -0.3 is 10.8 Å². The predicted molar refractivity (Wildman–Crippen MR) is 57.7 cm³/mol. The van der Waals surface area contributed by atoms with E-state index < -0.39 is 5.82 Å². The van der Waals surface area contributed by atoms with E-state index in [0.29, 0.717) is 17.1 Å². The number of aromatic hydroxyl groups is 1. The molecule has 2 rings (SSSR count). The van der Waals surface area contributed by atoms with Crippen molar-refractivity contribution in [1.82, 2.24) is 0 Å². The predicted octanol–water partition coefficient (Wildman–Crippen LogP) is 2.57. The van der Waals surface area contributed by atoms with Gasteiger partial charge in [0, 0.05) is 22.5 Å². The highest BCUT2D eigenvalue weighted by atomic mass is 35.5. The van der Waals surface area contributed by atoms with Gasteiger partial charge in [-0.1, -0.05) is 18.0 Å². The highest BCUT2D eigenvalue weighted by molar-refractivity contribution is 6.31. The average Bonchev–Trinajstić information content (AvgIpc) is 2.16. The number of benzene rings is 1. The first kappa shape index (κ1) is 10.7. The van der Waals surface area contributed by atoms with E-state index in [2.05, 4.69) is 0 Å². The van der Waals surface area contributed by atoms with Gasteiger partial charge >= 0.3 is 0 Å². The van der Waals surface area contributed by atoms with E-state index in [0.717, 1.165) is 19.3 Å². The zero-order valence-corrected chi connectivity index (χ0v) is 9.02. The Labute approximate surface area is 92.9 Å². The molecule has 0 heterocycles. The lowest BCUT2D eigenvalue weighted by Crippen LogP contribution is -2.41. The molecule has 2 nitrogen and oxygen atoms in total. The first-order valence-electron chi connectivity index (χ1n) is 4.98. The maximum absolute atomic E-state index is 13.2. The molecule has 0 unspecified atom stereocenters. The molecule has 1 aliphatic rings. The monoisotopic (exact) mass is 229 g/mol. The summed E-state index contributed by atoms with van der Waals surface area (Å²) in [5, 5.41) is 10.1. The lowest BCUT2D eigenvalue weighted by molar-refractivity contribution is 0.242. The van der Waals surface area contributed by atoms with Crippen LogP contribution >= 0.6 is 11.6 Å². The van der Waals surface area contributed by atoms with Crippen LogP contribution in [0, 0.1) is 5.82 Å². The molecule has 15 heavy (non-hydrogen) atoms. The molecule has 0 radical (unpaired) electrons. The Kier molecular flexibility index (Phi) is 2.61. The second kappa shape index (κ2) is 3.65. The third kappa shape index (κ3) is 1.50. The summed E-state index contributed by atoms with van der Waals surface area (Å²) in [6.45, 7) is 0.393. The Morgan fingerprint density at radius 3 is 2.60 bits per heavy atom. The molecule has 0 atom stereocenters. The molecular weight excluding hydrogens is 217 g/mol. The van der Waals surface area contributed by atoms with Gasteiger partial charge in [0.1, 0.15) is 0 Å². The van der Waals surface area contributed by atoms with Crippen molar-refractivity contribution in [1.29, 1.82) is 0 Å². The van der Waals surface area contributed by atoms with Crippen molar-refractivity contribution < 1.29 is 9.50 Å². The lowest BCUT2D eigenvalue weighted by atomic mass is 9.64. The number of halogens is 2. The minimum Gasteiger partial charge on any atom is -0.505 e. The van der Waals surface area contributed by atoms with Crippen molar-refractivity contribution in [2.45, 2.75) is 24.7 Å². The number of phenols is 1. The van der Waals surface area contributed by atoms with E-state index in [4.69, 9.17) is 17.3 Å². The highest BCUT2D eigenvalue weighted by Crippen LogP contribution is 2.49. The molecule has 82 valence electrons. The third-order valence-electron chi connectivity index (χ3n) is 3.31. The first-order chi connectivity index (χ1) is 7.10. The summed E-state index contributed by atoms with van der Waals surface area (Å²) in [5.74, 6) is -0.971. The van der Waals surface area contributed by atoms with Crippen LogP contribution < -0.4 is 5.73 Å². The topological polar surface area (TPSA) is 46.2 Å². The van der Waals surface area contributed by atoms with Gasteiger partial charge in [-0.25, -0.2) is 4.39 Å². The van der Waals surface area contributed by atoms with Crippen LogP contribution in [0.25, 0.3) is 0 Å². The molecule has 1 saturated carbocycles. The Morgan fingerprint density at radius 2 is 2.13 bits per heavy atom. The molecule has 0 aliphatic heterocycles. The zero-order chi connectivity index (χ0) is 11.1. The van der Waals surface area contributed by atoms with Gasteiger partial charge in [0.05, 0.1) is 0 Å². The van der Waals surface area contributed by atoms with Crippen molar-refractivity contribution in [3.8, 4) is 5.75 Å². The van der Waals surface area contributed by atoms with E-state index in [1.165, 1.54) is 12.1 Å². The summed E-state index contributed by atoms with van der Waals surface area (Å²) in [6.07, 6.45) is 2.77. The van der Waals surface area contributed by atoms with Gasteiger partial charge in [-0.05, 0) is 25.0 Å². The number of phenolic OH excluding ortho intramolecular Hbond substituents is 1. The van der Waals surface area contributed by atoms with E-state index >= 15 is 0 Å². The van der Waals surface area contributed by atoms with Crippen molar-refractivity contribution in [2.24, 2.45) is 5.73 Å². The van der Waals surface area contributed by atoms with Crippen LogP contribution in [0.4, 0.5) is 4.39 Å². The highest BCUT2D eigenvalue weighted by Gasteiger charge is 2.41. The zero-order valence-electron chi connectivity index (χ0n) is 8.26. The molecule has 1 fully saturated rings. The second-order valence-electron chi connectivity index (χ2n) is 4.09. The largest absolute Gasteiger partial charge is 0.505 e. The average molecular weight is 230 g/mol. The number of hydrogen-bond donors (Lipinski definition) is 2. The molecule has 3 N–H and O–H groups in total. The molecule has 0 spiro atoms. The van der Waals surface area contributed by atoms with E-state index in [1.54, 1.807) is 0 Å². The lowest BCUT2D eigenvalue weighted by Gasteiger charge is -2.42. The van der Waals surface area contributed by atoms with Gasteiger partial charge in [-0.15, -0.1) is 0 Å². The number of rotatable bonds is 2. The van der Waals surface area contributed by atoms with Crippen LogP contribution in [0.15, 0.2) is 12.1 Å². The Morgan fingerprint density at radius 1 is 1.47 bits per heavy atom. The normalized spacial score (nSPS) is 18.6. The molecule has 0 amide bonds. The van der Waals surface area contributed by atoms with Crippen LogP contribution in [0.1, 0.15) is 24.8 Å². The van der Waals surface area contributed by atoms with Crippen LogP contribution in [0.3, 0.4) is 0 Å². The Balaban J connectivity index is 2.55. The molecule has 1 aromatic rings. The van der Waals surface area contributed by atoms with Crippen molar-refractivity contribution in [3.05, 3.63) is 28.5 Å². The van der Waals surface area contributed by atoms with Crippen LogP contribution in [-0.4, -0.2) is 11.7 Å². The van der Waals surface area contributed by atoms with Gasteiger partial charge in [0.15, 0.2) is 11.6 Å². The Bertz CT molecular complexity index is 385. The fourth-order valence-electron chi connectivity index (χ4n) is 2.21.